The van der Waals surface area contributed by atoms with Gasteiger partial charge in [-0.25, -0.2) is 4.79 Å². The van der Waals surface area contributed by atoms with Gasteiger partial charge in [-0.2, -0.15) is 13.2 Å². The Morgan fingerprint density at radius 1 is 1.25 bits per heavy atom. The van der Waals surface area contributed by atoms with Crippen LogP contribution < -0.4 is 5.32 Å². The van der Waals surface area contributed by atoms with E-state index < -0.39 is 30.5 Å². The van der Waals surface area contributed by atoms with Gasteiger partial charge in [-0.15, -0.1) is 0 Å². The summed E-state index contributed by atoms with van der Waals surface area (Å²) in [6.45, 7) is 0.698. The molecule has 1 unspecified atom stereocenters. The zero-order valence-electron chi connectivity index (χ0n) is 18.0. The van der Waals surface area contributed by atoms with E-state index in [9.17, 15) is 23.1 Å². The molecule has 1 aliphatic carbocycles. The van der Waals surface area contributed by atoms with Gasteiger partial charge in [-0.05, 0) is 37.2 Å². The summed E-state index contributed by atoms with van der Waals surface area (Å²) in [5.74, 6) is 0.0155. The lowest BCUT2D eigenvalue weighted by molar-refractivity contribution is -0.182. The van der Waals surface area contributed by atoms with Gasteiger partial charge in [0.15, 0.2) is 0 Å². The Balaban J connectivity index is 1.46. The number of nitrogens with one attached hydrogen (secondary N) is 1. The lowest BCUT2D eigenvalue weighted by atomic mass is 10.00. The number of alkyl carbamates (subject to hydrolysis) is 1. The summed E-state index contributed by atoms with van der Waals surface area (Å²) in [6.07, 6.45) is -3.16. The zero-order chi connectivity index (χ0) is 22.7. The molecule has 6 nitrogen and oxygen atoms in total. The largest absolute Gasteiger partial charge is 0.444 e. The zero-order valence-corrected chi connectivity index (χ0v) is 18.0. The van der Waals surface area contributed by atoms with E-state index >= 15 is 0 Å². The summed E-state index contributed by atoms with van der Waals surface area (Å²) in [6, 6.07) is 6.77. The van der Waals surface area contributed by atoms with Crippen LogP contribution in [-0.2, 0) is 15.9 Å². The quantitative estimate of drug-likeness (QED) is 0.659. The smallest absolute Gasteiger partial charge is 0.407 e. The van der Waals surface area contributed by atoms with Crippen molar-refractivity contribution in [3.63, 3.8) is 0 Å². The van der Waals surface area contributed by atoms with Crippen molar-refractivity contribution in [3.8, 4) is 0 Å². The van der Waals surface area contributed by atoms with Gasteiger partial charge in [0, 0.05) is 19.0 Å². The molecule has 9 heteroatoms. The third kappa shape index (κ3) is 5.55. The van der Waals surface area contributed by atoms with Gasteiger partial charge in [0.25, 0.3) is 0 Å². The number of benzene rings is 1. The minimum Gasteiger partial charge on any atom is -0.444 e. The molecule has 3 fully saturated rings. The van der Waals surface area contributed by atoms with Crippen molar-refractivity contribution >= 4 is 6.09 Å². The second-order valence-corrected chi connectivity index (χ2v) is 9.15. The second kappa shape index (κ2) is 9.97. The number of amides is 1. The Hall–Kier alpha value is -1.84. The number of likely N-dealkylation sites (tertiary alicyclic amines) is 1. The van der Waals surface area contributed by atoms with E-state index in [1.54, 1.807) is 0 Å². The fourth-order valence-electron chi connectivity index (χ4n) is 5.40. The maximum atomic E-state index is 13.7. The molecule has 3 aliphatic rings. The summed E-state index contributed by atoms with van der Waals surface area (Å²) in [5, 5.41) is 13.7. The topological polar surface area (TPSA) is 71.0 Å². The van der Waals surface area contributed by atoms with Gasteiger partial charge < -0.3 is 19.9 Å². The van der Waals surface area contributed by atoms with Crippen molar-refractivity contribution in [2.45, 2.75) is 75.0 Å². The molecule has 1 saturated carbocycles. The van der Waals surface area contributed by atoms with Gasteiger partial charge >= 0.3 is 12.3 Å². The predicted molar refractivity (Wildman–Crippen MR) is 111 cm³/mol. The molecule has 6 atom stereocenters. The van der Waals surface area contributed by atoms with Crippen LogP contribution >= 0.6 is 0 Å². The molecule has 2 heterocycles. The SMILES string of the molecule is O=C(N[C@@H](Cc1ccccc1)[C@H](O)CN1[C@H](C(F)(F)F)C[C@@H]2CCC[C@@H]21)OC1CCOC1. The molecule has 0 radical (unpaired) electrons. The van der Waals surface area contributed by atoms with Crippen molar-refractivity contribution in [3.05, 3.63) is 35.9 Å². The van der Waals surface area contributed by atoms with Crippen LogP contribution in [0.1, 0.15) is 37.7 Å². The minimum absolute atomic E-state index is 0.0155. The number of halogens is 3. The number of rotatable bonds is 7. The molecule has 0 aromatic heterocycles. The highest BCUT2D eigenvalue weighted by molar-refractivity contribution is 5.68. The number of carbonyl (C=O) groups excluding carboxylic acids is 1. The molecule has 0 spiro atoms. The average molecular weight is 457 g/mol. The van der Waals surface area contributed by atoms with Gasteiger partial charge in [0.2, 0.25) is 0 Å². The fraction of sp³-hybridized carbons (Fsp3) is 0.696. The van der Waals surface area contributed by atoms with Crippen molar-refractivity contribution in [1.29, 1.82) is 0 Å². The number of fused-ring (bicyclic) bond motifs is 1. The predicted octanol–water partition coefficient (Wildman–Crippen LogP) is 3.28. The monoisotopic (exact) mass is 456 g/mol. The number of ether oxygens (including phenoxy) is 2. The van der Waals surface area contributed by atoms with Gasteiger partial charge in [-0.1, -0.05) is 36.8 Å². The third-order valence-corrected chi connectivity index (χ3v) is 6.97. The normalized spacial score (nSPS) is 30.1. The maximum Gasteiger partial charge on any atom is 0.407 e. The highest BCUT2D eigenvalue weighted by atomic mass is 19.4. The van der Waals surface area contributed by atoms with Crippen LogP contribution in [0.2, 0.25) is 0 Å². The van der Waals surface area contributed by atoms with Crippen LogP contribution in [0.3, 0.4) is 0 Å². The Morgan fingerprint density at radius 3 is 2.72 bits per heavy atom. The van der Waals surface area contributed by atoms with Crippen molar-refractivity contribution in [2.24, 2.45) is 5.92 Å². The van der Waals surface area contributed by atoms with Crippen molar-refractivity contribution < 1.29 is 32.5 Å². The van der Waals surface area contributed by atoms with E-state index in [4.69, 9.17) is 9.47 Å². The summed E-state index contributed by atoms with van der Waals surface area (Å²) in [7, 11) is 0. The van der Waals surface area contributed by atoms with Crippen LogP contribution in [0.4, 0.5) is 18.0 Å². The highest BCUT2D eigenvalue weighted by Crippen LogP contribution is 2.46. The molecule has 0 bridgehead atoms. The Labute approximate surface area is 186 Å². The van der Waals surface area contributed by atoms with Crippen LogP contribution in [-0.4, -0.2) is 72.4 Å². The molecule has 4 rings (SSSR count). The van der Waals surface area contributed by atoms with E-state index in [-0.39, 0.29) is 37.5 Å². The van der Waals surface area contributed by atoms with Crippen molar-refractivity contribution in [2.75, 3.05) is 19.8 Å². The average Bonchev–Trinajstić information content (AvgIpc) is 3.47. The molecule has 32 heavy (non-hydrogen) atoms. The van der Waals surface area contributed by atoms with Crippen LogP contribution in [0.5, 0.6) is 0 Å². The Morgan fingerprint density at radius 2 is 2.03 bits per heavy atom. The third-order valence-electron chi connectivity index (χ3n) is 6.97. The first-order valence-corrected chi connectivity index (χ1v) is 11.4. The molecular formula is C23H31F3N2O4. The van der Waals surface area contributed by atoms with Crippen LogP contribution in [0, 0.1) is 5.92 Å². The summed E-state index contributed by atoms with van der Waals surface area (Å²) >= 11 is 0. The molecule has 2 saturated heterocycles. The van der Waals surface area contributed by atoms with Gasteiger partial charge in [0.1, 0.15) is 12.1 Å². The first kappa shape index (κ1) is 23.3. The summed E-state index contributed by atoms with van der Waals surface area (Å²) < 4.78 is 51.8. The van der Waals surface area contributed by atoms with Gasteiger partial charge in [0.05, 0.1) is 25.4 Å². The van der Waals surface area contributed by atoms with E-state index in [1.165, 1.54) is 4.90 Å². The molecule has 178 valence electrons. The molecule has 2 aliphatic heterocycles. The van der Waals surface area contributed by atoms with Crippen LogP contribution in [0.15, 0.2) is 30.3 Å². The Kier molecular flexibility index (Phi) is 7.27. The number of aliphatic hydroxyl groups excluding tert-OH is 1. The number of carbonyl (C=O) groups is 1. The lowest BCUT2D eigenvalue weighted by Gasteiger charge is -2.35. The van der Waals surface area contributed by atoms with E-state index in [0.717, 1.165) is 18.4 Å². The van der Waals surface area contributed by atoms with E-state index in [1.807, 2.05) is 30.3 Å². The van der Waals surface area contributed by atoms with Gasteiger partial charge in [-0.3, -0.25) is 4.90 Å². The number of nitrogens with zero attached hydrogens (tertiary/aromatic N) is 1. The number of alkyl halides is 3. The van der Waals surface area contributed by atoms with Crippen molar-refractivity contribution in [1.82, 2.24) is 10.2 Å². The molecule has 2 N–H and O–H groups in total. The van der Waals surface area contributed by atoms with Crippen LogP contribution in [0.25, 0.3) is 0 Å². The maximum absolute atomic E-state index is 13.7. The molecule has 1 amide bonds. The number of β-amino-alcohol motifs (C(OH)–C–C–N with tert-alkyl or cyclic N) is 1. The van der Waals surface area contributed by atoms with E-state index in [2.05, 4.69) is 5.32 Å². The molecular weight excluding hydrogens is 425 g/mol. The first-order chi connectivity index (χ1) is 15.3. The molecule has 1 aromatic carbocycles. The summed E-state index contributed by atoms with van der Waals surface area (Å²) in [5.41, 5.74) is 0.869. The highest BCUT2D eigenvalue weighted by Gasteiger charge is 2.54. The standard InChI is InChI=1S/C23H31F3N2O4/c24-23(25,26)21-12-16-7-4-8-19(16)28(21)13-20(29)18(11-15-5-2-1-3-6-15)27-22(30)32-17-9-10-31-14-17/h1-3,5-6,16-21,29H,4,7-14H2,(H,27,30)/t16-,17?,18-,19-,20+,21-/m0/s1. The number of aliphatic hydroxyl groups is 1. The summed E-state index contributed by atoms with van der Waals surface area (Å²) in [4.78, 5) is 13.9. The second-order valence-electron chi connectivity index (χ2n) is 9.15. The van der Waals surface area contributed by atoms with E-state index in [0.29, 0.717) is 26.1 Å². The Bertz CT molecular complexity index is 757. The first-order valence-electron chi connectivity index (χ1n) is 11.4. The lowest BCUT2D eigenvalue weighted by Crippen LogP contribution is -2.54. The minimum atomic E-state index is -4.34. The number of hydrogen-bond acceptors (Lipinski definition) is 5. The number of hydrogen-bond donors (Lipinski definition) is 2. The molecule has 1 aromatic rings. The fourth-order valence-corrected chi connectivity index (χ4v) is 5.40.